The zero-order valence-electron chi connectivity index (χ0n) is 29.6. The van der Waals surface area contributed by atoms with E-state index < -0.39 is 0 Å². The minimum absolute atomic E-state index is 0.000237. The molecule has 0 radical (unpaired) electrons. The average Bonchev–Trinajstić information content (AvgIpc) is 3.88. The molecule has 6 aromatic carbocycles. The Bertz CT molecular complexity index is 3000. The van der Waals surface area contributed by atoms with E-state index in [9.17, 15) is 0 Å². The van der Waals surface area contributed by atoms with Gasteiger partial charge >= 0.3 is 0 Å². The molecule has 0 saturated heterocycles. The Labute approximate surface area is 311 Å². The van der Waals surface area contributed by atoms with Crippen LogP contribution in [0.25, 0.3) is 89.2 Å². The highest BCUT2D eigenvalue weighted by molar-refractivity contribution is 6.13. The van der Waals surface area contributed by atoms with Crippen molar-refractivity contribution < 1.29 is 8.83 Å². The Morgan fingerprint density at radius 2 is 1.07 bits per heavy atom. The smallest absolute Gasteiger partial charge is 0.167 e. The van der Waals surface area contributed by atoms with E-state index in [2.05, 4.69) is 78.9 Å². The number of hydrogen-bond acceptors (Lipinski definition) is 5. The molecule has 5 nitrogen and oxygen atoms in total. The quantitative estimate of drug-likeness (QED) is 0.184. The first kappa shape index (κ1) is 29.4. The molecule has 3 aromatic heterocycles. The van der Waals surface area contributed by atoms with Gasteiger partial charge in [-0.3, -0.25) is 0 Å². The monoisotopic (exact) mass is 697 g/mol. The number of rotatable bonds is 3. The van der Waals surface area contributed by atoms with Crippen molar-refractivity contribution in [2.75, 3.05) is 0 Å². The molecule has 5 aliphatic carbocycles. The van der Waals surface area contributed by atoms with Crippen molar-refractivity contribution in [3.05, 3.63) is 139 Å². The van der Waals surface area contributed by atoms with Crippen LogP contribution < -0.4 is 0 Å². The lowest BCUT2D eigenvalue weighted by atomic mass is 9.43. The molecule has 14 rings (SSSR count). The van der Waals surface area contributed by atoms with Gasteiger partial charge in [0, 0.05) is 43.7 Å². The molecule has 4 bridgehead atoms. The number of hydrogen-bond donors (Lipinski definition) is 0. The zero-order valence-corrected chi connectivity index (χ0v) is 29.6. The van der Waals surface area contributed by atoms with Crippen LogP contribution in [0.4, 0.5) is 0 Å². The Morgan fingerprint density at radius 3 is 1.93 bits per heavy atom. The molecule has 54 heavy (non-hydrogen) atoms. The molecule has 5 aliphatic rings. The predicted molar refractivity (Wildman–Crippen MR) is 214 cm³/mol. The molecule has 4 saturated carbocycles. The van der Waals surface area contributed by atoms with Gasteiger partial charge in [0.15, 0.2) is 17.5 Å². The standard InChI is InChI=1S/C49H35N3O2/c1-2-10-29(11-3-1)46-50-47(37-15-9-19-41-42(37)36-13-5-7-18-40(36)53-41)52-48(51-46)38-16-8-14-34-35-21-20-33-32-12-4-6-17-39(32)49(43(33)45(35)54-44(34)38)30-23-27-22-28(25-30)26-31(49)24-27/h1-21,27-28,30-31H,22-26H2. The number of benzene rings is 6. The number of para-hydroxylation sites is 2. The Hall–Kier alpha value is -6.07. The number of nitrogens with zero attached hydrogens (tertiary/aromatic N) is 3. The Kier molecular flexibility index (Phi) is 5.74. The van der Waals surface area contributed by atoms with Crippen molar-refractivity contribution in [2.45, 2.75) is 37.5 Å². The summed E-state index contributed by atoms with van der Waals surface area (Å²) in [5.41, 5.74) is 12.0. The zero-order chi connectivity index (χ0) is 35.1. The van der Waals surface area contributed by atoms with Crippen LogP contribution in [0, 0.1) is 23.7 Å². The molecule has 9 aromatic rings. The third-order valence-electron chi connectivity index (χ3n) is 13.7. The van der Waals surface area contributed by atoms with Gasteiger partial charge in [-0.25, -0.2) is 15.0 Å². The van der Waals surface area contributed by atoms with E-state index in [4.69, 9.17) is 23.8 Å². The van der Waals surface area contributed by atoms with E-state index >= 15 is 0 Å². The molecule has 0 atom stereocenters. The van der Waals surface area contributed by atoms with E-state index in [-0.39, 0.29) is 5.41 Å². The summed E-state index contributed by atoms with van der Waals surface area (Å²) in [4.78, 5) is 15.6. The van der Waals surface area contributed by atoms with Crippen molar-refractivity contribution in [3.63, 3.8) is 0 Å². The minimum Gasteiger partial charge on any atom is -0.456 e. The van der Waals surface area contributed by atoms with Gasteiger partial charge < -0.3 is 8.83 Å². The van der Waals surface area contributed by atoms with Crippen LogP contribution in [0.3, 0.4) is 0 Å². The topological polar surface area (TPSA) is 65.0 Å². The average molecular weight is 698 g/mol. The lowest BCUT2D eigenvalue weighted by Crippen LogP contribution is -2.55. The molecule has 0 amide bonds. The van der Waals surface area contributed by atoms with Gasteiger partial charge in [0.2, 0.25) is 0 Å². The highest BCUT2D eigenvalue weighted by atomic mass is 16.3. The van der Waals surface area contributed by atoms with Crippen molar-refractivity contribution >= 4 is 43.9 Å². The van der Waals surface area contributed by atoms with Crippen LogP contribution in [0.2, 0.25) is 0 Å². The van der Waals surface area contributed by atoms with Gasteiger partial charge in [0.05, 0.1) is 5.56 Å². The summed E-state index contributed by atoms with van der Waals surface area (Å²) in [7, 11) is 0. The maximum Gasteiger partial charge on any atom is 0.167 e. The van der Waals surface area contributed by atoms with E-state index in [0.29, 0.717) is 29.3 Å². The van der Waals surface area contributed by atoms with Gasteiger partial charge in [-0.1, -0.05) is 103 Å². The first-order chi connectivity index (χ1) is 26.7. The fourth-order valence-electron chi connectivity index (χ4n) is 12.0. The third kappa shape index (κ3) is 3.76. The fourth-order valence-corrected chi connectivity index (χ4v) is 12.0. The molecule has 5 heteroatoms. The summed E-state index contributed by atoms with van der Waals surface area (Å²) in [5, 5.41) is 4.33. The number of aromatic nitrogens is 3. The molecular formula is C49H35N3O2. The van der Waals surface area contributed by atoms with Crippen LogP contribution in [0.5, 0.6) is 0 Å². The van der Waals surface area contributed by atoms with Crippen molar-refractivity contribution in [1.82, 2.24) is 15.0 Å². The largest absolute Gasteiger partial charge is 0.456 e. The van der Waals surface area contributed by atoms with Crippen LogP contribution in [-0.4, -0.2) is 15.0 Å². The fraction of sp³-hybridized carbons (Fsp3) is 0.204. The molecule has 1 spiro atoms. The van der Waals surface area contributed by atoms with Gasteiger partial charge in [-0.15, -0.1) is 0 Å². The summed E-state index contributed by atoms with van der Waals surface area (Å²) in [6, 6.07) is 44.9. The van der Waals surface area contributed by atoms with Crippen LogP contribution in [-0.2, 0) is 5.41 Å². The lowest BCUT2D eigenvalue weighted by molar-refractivity contribution is -0.0396. The molecule has 3 heterocycles. The number of furan rings is 2. The second-order valence-electron chi connectivity index (χ2n) is 16.3. The highest BCUT2D eigenvalue weighted by Crippen LogP contribution is 2.70. The second kappa shape index (κ2) is 10.5. The maximum atomic E-state index is 7.33. The normalized spacial score (nSPS) is 23.6. The second-order valence-corrected chi connectivity index (χ2v) is 16.3. The van der Waals surface area contributed by atoms with E-state index in [1.54, 1.807) is 0 Å². The third-order valence-corrected chi connectivity index (χ3v) is 13.7. The summed E-state index contributed by atoms with van der Waals surface area (Å²) >= 11 is 0. The van der Waals surface area contributed by atoms with Crippen molar-refractivity contribution in [3.8, 4) is 45.3 Å². The summed E-state index contributed by atoms with van der Waals surface area (Å²) in [5.74, 6) is 4.87. The molecule has 0 N–H and O–H groups in total. The molecule has 0 unspecified atom stereocenters. The molecule has 4 fully saturated rings. The first-order valence-corrected chi connectivity index (χ1v) is 19.5. The SMILES string of the molecule is c1ccc(-c2nc(-c3cccc4c3oc3c5c(ccc34)-c3ccccc3C53C4CC5CC(C4)CC3C5)nc(-c3cccc4oc5ccccc5c34)n2)cc1. The van der Waals surface area contributed by atoms with Gasteiger partial charge in [-0.05, 0) is 96.7 Å². The van der Waals surface area contributed by atoms with Crippen LogP contribution >= 0.6 is 0 Å². The van der Waals surface area contributed by atoms with Gasteiger partial charge in [-0.2, -0.15) is 0 Å². The van der Waals surface area contributed by atoms with Crippen molar-refractivity contribution in [1.29, 1.82) is 0 Å². The first-order valence-electron chi connectivity index (χ1n) is 19.5. The van der Waals surface area contributed by atoms with Crippen LogP contribution in [0.1, 0.15) is 43.2 Å². The molecule has 258 valence electrons. The van der Waals surface area contributed by atoms with E-state index in [0.717, 1.165) is 67.0 Å². The van der Waals surface area contributed by atoms with Crippen molar-refractivity contribution in [2.24, 2.45) is 23.7 Å². The summed E-state index contributed by atoms with van der Waals surface area (Å²) in [6.45, 7) is 0. The Balaban J connectivity index is 1.07. The Morgan fingerprint density at radius 1 is 0.444 bits per heavy atom. The number of fused-ring (bicyclic) bond motifs is 10. The molecule has 0 aliphatic heterocycles. The predicted octanol–water partition coefficient (Wildman–Crippen LogP) is 12.4. The molecular weight excluding hydrogens is 663 g/mol. The van der Waals surface area contributed by atoms with Gasteiger partial charge in [0.25, 0.3) is 0 Å². The maximum absolute atomic E-state index is 7.33. The van der Waals surface area contributed by atoms with Crippen LogP contribution in [0.15, 0.2) is 136 Å². The van der Waals surface area contributed by atoms with E-state index in [1.165, 1.54) is 59.7 Å². The minimum atomic E-state index is -0.000237. The lowest BCUT2D eigenvalue weighted by Gasteiger charge is -2.61. The van der Waals surface area contributed by atoms with Gasteiger partial charge in [0.1, 0.15) is 22.3 Å². The van der Waals surface area contributed by atoms with E-state index in [1.807, 2.05) is 48.5 Å². The highest BCUT2D eigenvalue weighted by Gasteiger charge is 2.62. The summed E-state index contributed by atoms with van der Waals surface area (Å²) in [6.07, 6.45) is 6.75. The summed E-state index contributed by atoms with van der Waals surface area (Å²) < 4.78 is 13.6.